The Labute approximate surface area is 203 Å². The van der Waals surface area contributed by atoms with Gasteiger partial charge in [0.2, 0.25) is 5.95 Å². The number of H-pyrrole nitrogens is 1. The van der Waals surface area contributed by atoms with Crippen LogP contribution in [0.4, 0.5) is 16.0 Å². The maximum Gasteiger partial charge on any atom is 0.267 e. The van der Waals surface area contributed by atoms with Crippen molar-refractivity contribution in [3.05, 3.63) is 76.1 Å². The summed E-state index contributed by atoms with van der Waals surface area (Å²) in [6.07, 6.45) is 2.82. The number of anilines is 2. The van der Waals surface area contributed by atoms with Gasteiger partial charge in [-0.2, -0.15) is 10.1 Å². The highest BCUT2D eigenvalue weighted by Crippen LogP contribution is 2.32. The number of halogens is 2. The molecule has 176 valence electrons. The zero-order valence-corrected chi connectivity index (χ0v) is 19.3. The van der Waals surface area contributed by atoms with E-state index in [-0.39, 0.29) is 28.4 Å². The van der Waals surface area contributed by atoms with E-state index in [2.05, 4.69) is 30.4 Å². The molecular weight excluding hydrogens is 473 g/mol. The number of ether oxygens (including phenoxy) is 1. The van der Waals surface area contributed by atoms with E-state index in [0.717, 1.165) is 11.4 Å². The molecule has 2 N–H and O–H groups in total. The maximum atomic E-state index is 15.0. The van der Waals surface area contributed by atoms with E-state index in [1.54, 1.807) is 12.3 Å². The first kappa shape index (κ1) is 21.4. The number of hydrogen-bond acceptors (Lipinski definition) is 7. The summed E-state index contributed by atoms with van der Waals surface area (Å²) in [4.78, 5) is 24.4. The Hall–Kier alpha value is -4.18. The van der Waals surface area contributed by atoms with E-state index in [4.69, 9.17) is 16.3 Å². The van der Waals surface area contributed by atoms with Crippen molar-refractivity contribution < 1.29 is 9.13 Å². The Morgan fingerprint density at radius 1 is 1.17 bits per heavy atom. The molecule has 0 radical (unpaired) electrons. The molecule has 6 rings (SSSR count). The summed E-state index contributed by atoms with van der Waals surface area (Å²) in [6, 6.07) is 12.3. The molecule has 0 spiro atoms. The number of hydrogen-bond donors (Lipinski definition) is 2. The number of para-hydroxylation sites is 2. The van der Waals surface area contributed by atoms with Crippen molar-refractivity contribution in [2.45, 2.75) is 6.10 Å². The van der Waals surface area contributed by atoms with Gasteiger partial charge in [0.05, 0.1) is 52.0 Å². The first-order valence-corrected chi connectivity index (χ1v) is 11.3. The maximum absolute atomic E-state index is 15.0. The van der Waals surface area contributed by atoms with Crippen LogP contribution in [0.3, 0.4) is 0 Å². The Bertz CT molecular complexity index is 1650. The summed E-state index contributed by atoms with van der Waals surface area (Å²) < 4.78 is 22.3. The van der Waals surface area contributed by atoms with Crippen LogP contribution in [-0.2, 0) is 0 Å². The minimum Gasteiger partial charge on any atom is -0.485 e. The second kappa shape index (κ2) is 8.24. The highest BCUT2D eigenvalue weighted by Gasteiger charge is 2.24. The van der Waals surface area contributed by atoms with Crippen LogP contribution in [0.1, 0.15) is 0 Å². The monoisotopic (exact) mass is 491 g/mol. The third-order valence-electron chi connectivity index (χ3n) is 6.03. The molecule has 3 aromatic heterocycles. The van der Waals surface area contributed by atoms with E-state index in [1.807, 2.05) is 31.3 Å². The summed E-state index contributed by atoms with van der Waals surface area (Å²) >= 11 is 6.01. The molecule has 0 bridgehead atoms. The standard InChI is InChI=1S/C24H19ClFN7O2/c1-32-12-13(35-19-8-3-2-6-17(19)32)9-27-24-28-10-14-21-15(11-29-31-21)23(34)33(22(14)30-24)18-7-4-5-16(25)20(18)26/h2-8,10-11,13H,9,12H2,1H3,(H,29,31)(H,27,28,30). The number of nitrogens with one attached hydrogen (secondary N) is 2. The molecule has 1 aliphatic heterocycles. The highest BCUT2D eigenvalue weighted by atomic mass is 35.5. The fourth-order valence-corrected chi connectivity index (χ4v) is 4.54. The zero-order chi connectivity index (χ0) is 24.1. The largest absolute Gasteiger partial charge is 0.485 e. The lowest BCUT2D eigenvalue weighted by Crippen LogP contribution is -2.41. The van der Waals surface area contributed by atoms with Crippen LogP contribution in [0.2, 0.25) is 5.02 Å². The molecule has 9 nitrogen and oxygen atoms in total. The Morgan fingerprint density at radius 3 is 2.89 bits per heavy atom. The van der Waals surface area contributed by atoms with Gasteiger partial charge >= 0.3 is 0 Å². The van der Waals surface area contributed by atoms with Crippen molar-refractivity contribution in [2.75, 3.05) is 30.4 Å². The predicted molar refractivity (Wildman–Crippen MR) is 132 cm³/mol. The van der Waals surface area contributed by atoms with Gasteiger partial charge in [-0.15, -0.1) is 0 Å². The van der Waals surface area contributed by atoms with Crippen molar-refractivity contribution in [3.8, 4) is 11.4 Å². The molecule has 11 heteroatoms. The quantitative estimate of drug-likeness (QED) is 0.395. The number of rotatable bonds is 4. The van der Waals surface area contributed by atoms with Gasteiger partial charge in [-0.1, -0.05) is 29.8 Å². The molecule has 1 atom stereocenters. The van der Waals surface area contributed by atoms with Crippen molar-refractivity contribution in [3.63, 3.8) is 0 Å². The minimum atomic E-state index is -0.717. The number of aromatic nitrogens is 5. The summed E-state index contributed by atoms with van der Waals surface area (Å²) in [5.41, 5.74) is 1.25. The Kier molecular flexibility index (Phi) is 5.03. The van der Waals surface area contributed by atoms with Crippen molar-refractivity contribution in [2.24, 2.45) is 0 Å². The first-order valence-electron chi connectivity index (χ1n) is 10.9. The minimum absolute atomic E-state index is 0.00547. The predicted octanol–water partition coefficient (Wildman–Crippen LogP) is 3.76. The van der Waals surface area contributed by atoms with Crippen LogP contribution in [0.15, 0.2) is 59.7 Å². The lowest BCUT2D eigenvalue weighted by atomic mass is 10.2. The number of benzene rings is 2. The second-order valence-electron chi connectivity index (χ2n) is 8.27. The van der Waals surface area contributed by atoms with Gasteiger partial charge in [0.15, 0.2) is 11.5 Å². The van der Waals surface area contributed by atoms with Gasteiger partial charge in [0, 0.05) is 13.2 Å². The molecule has 1 aliphatic rings. The zero-order valence-electron chi connectivity index (χ0n) is 18.5. The molecular formula is C24H19ClFN7O2. The smallest absolute Gasteiger partial charge is 0.267 e. The Balaban J connectivity index is 1.40. The average molecular weight is 492 g/mol. The van der Waals surface area contributed by atoms with Crippen LogP contribution in [0.25, 0.3) is 27.6 Å². The molecule has 0 fully saturated rings. The lowest BCUT2D eigenvalue weighted by molar-refractivity contribution is 0.208. The number of likely N-dealkylation sites (N-methyl/N-ethyl adjacent to an activating group) is 1. The SMILES string of the molecule is CN1CC(CNc2ncc3c4[nH]ncc4c(=O)n(-c4cccc(Cl)c4F)c3n2)Oc2ccccc21. The van der Waals surface area contributed by atoms with Gasteiger partial charge in [-0.25, -0.2) is 9.37 Å². The van der Waals surface area contributed by atoms with Crippen LogP contribution >= 0.6 is 11.6 Å². The first-order chi connectivity index (χ1) is 17.0. The molecule has 0 amide bonds. The van der Waals surface area contributed by atoms with Gasteiger partial charge in [-0.05, 0) is 24.3 Å². The van der Waals surface area contributed by atoms with Crippen LogP contribution in [0.5, 0.6) is 5.75 Å². The molecule has 35 heavy (non-hydrogen) atoms. The van der Waals surface area contributed by atoms with Crippen molar-refractivity contribution >= 4 is 45.2 Å². The second-order valence-corrected chi connectivity index (χ2v) is 8.68. The average Bonchev–Trinajstić information content (AvgIpc) is 3.36. The summed E-state index contributed by atoms with van der Waals surface area (Å²) in [5, 5.41) is 10.7. The molecule has 2 aromatic carbocycles. The molecule has 1 unspecified atom stereocenters. The highest BCUT2D eigenvalue weighted by molar-refractivity contribution is 6.30. The van der Waals surface area contributed by atoms with Gasteiger partial charge in [0.25, 0.3) is 5.56 Å². The van der Waals surface area contributed by atoms with Crippen molar-refractivity contribution in [1.29, 1.82) is 0 Å². The molecule has 0 saturated carbocycles. The molecule has 4 heterocycles. The van der Waals surface area contributed by atoms with Crippen molar-refractivity contribution in [1.82, 2.24) is 24.7 Å². The molecule has 0 saturated heterocycles. The third-order valence-corrected chi connectivity index (χ3v) is 6.32. The van der Waals surface area contributed by atoms with E-state index in [1.165, 1.54) is 22.9 Å². The van der Waals surface area contributed by atoms with E-state index < -0.39 is 11.4 Å². The van der Waals surface area contributed by atoms with E-state index >= 15 is 0 Å². The topological polar surface area (TPSA) is 101 Å². The summed E-state index contributed by atoms with van der Waals surface area (Å²) in [6.45, 7) is 1.09. The number of fused-ring (bicyclic) bond motifs is 4. The Morgan fingerprint density at radius 2 is 2.00 bits per heavy atom. The molecule has 0 aliphatic carbocycles. The summed E-state index contributed by atoms with van der Waals surface area (Å²) in [5.74, 6) is 0.363. The number of pyridine rings is 1. The van der Waals surface area contributed by atoms with Gasteiger partial charge < -0.3 is 15.0 Å². The number of aromatic amines is 1. The lowest BCUT2D eigenvalue weighted by Gasteiger charge is -2.33. The van der Waals surface area contributed by atoms with Gasteiger partial charge in [0.1, 0.15) is 11.9 Å². The van der Waals surface area contributed by atoms with Gasteiger partial charge in [-0.3, -0.25) is 14.5 Å². The normalized spacial score (nSPS) is 15.3. The number of nitrogens with zero attached hydrogens (tertiary/aromatic N) is 5. The molecule has 5 aromatic rings. The fraction of sp³-hybridized carbons (Fsp3) is 0.167. The fourth-order valence-electron chi connectivity index (χ4n) is 4.37. The third kappa shape index (κ3) is 3.53. The van der Waals surface area contributed by atoms with E-state index in [0.29, 0.717) is 29.4 Å². The van der Waals surface area contributed by atoms with Crippen LogP contribution < -0.4 is 20.5 Å². The van der Waals surface area contributed by atoms with E-state index in [9.17, 15) is 9.18 Å². The van der Waals surface area contributed by atoms with Crippen LogP contribution in [-0.4, -0.2) is 51.0 Å². The summed E-state index contributed by atoms with van der Waals surface area (Å²) in [7, 11) is 2.01. The van der Waals surface area contributed by atoms with Crippen LogP contribution in [0, 0.1) is 5.82 Å².